The Morgan fingerprint density at radius 1 is 1.27 bits per heavy atom. The number of alkyl halides is 1. The van der Waals surface area contributed by atoms with Crippen LogP contribution in [0.25, 0.3) is 11.1 Å². The van der Waals surface area contributed by atoms with Gasteiger partial charge in [-0.3, -0.25) is 0 Å². The molecule has 1 aliphatic rings. The number of carbonyl (C=O) groups excluding carboxylic acids is 1. The van der Waals surface area contributed by atoms with Gasteiger partial charge in [0.2, 0.25) is 0 Å². The van der Waals surface area contributed by atoms with Crippen LogP contribution in [0, 0.1) is 0 Å². The molecule has 2 aromatic rings. The lowest BCUT2D eigenvalue weighted by Gasteiger charge is -2.17. The van der Waals surface area contributed by atoms with Gasteiger partial charge in [-0.15, -0.1) is 0 Å². The van der Waals surface area contributed by atoms with Gasteiger partial charge in [0.15, 0.2) is 5.56 Å². The van der Waals surface area contributed by atoms with E-state index in [4.69, 9.17) is 16.3 Å². The Labute approximate surface area is 135 Å². The van der Waals surface area contributed by atoms with Crippen molar-refractivity contribution < 1.29 is 9.53 Å². The molecular formula is C17H21ClN2O2. The van der Waals surface area contributed by atoms with Crippen LogP contribution in [0.5, 0.6) is 0 Å². The highest BCUT2D eigenvalue weighted by Gasteiger charge is 2.23. The summed E-state index contributed by atoms with van der Waals surface area (Å²) in [5.41, 5.74) is 2.82. The fraction of sp³-hybridized carbons (Fsp3) is 0.353. The van der Waals surface area contributed by atoms with E-state index < -0.39 is 5.56 Å². The van der Waals surface area contributed by atoms with E-state index >= 15 is 0 Å². The minimum atomic E-state index is -0.609. The number of aromatic nitrogens is 1. The third kappa shape index (κ3) is 3.45. The maximum atomic E-state index is 11.8. The molecule has 1 unspecified atom stereocenters. The van der Waals surface area contributed by atoms with Crippen LogP contribution in [0.2, 0.25) is 0 Å². The largest absolute Gasteiger partial charge is 0.430 e. The molecule has 3 rings (SSSR count). The van der Waals surface area contributed by atoms with Crippen molar-refractivity contribution in [2.45, 2.75) is 26.3 Å². The molecule has 2 aromatic heterocycles. The van der Waals surface area contributed by atoms with E-state index in [9.17, 15) is 4.79 Å². The minimum Gasteiger partial charge on any atom is -0.430 e. The van der Waals surface area contributed by atoms with Crippen LogP contribution >= 0.6 is 11.6 Å². The first-order valence-electron chi connectivity index (χ1n) is 7.50. The Kier molecular flexibility index (Phi) is 5.50. The van der Waals surface area contributed by atoms with E-state index in [1.54, 1.807) is 11.8 Å². The number of halogens is 1. The molecule has 4 nitrogen and oxygen atoms in total. The molecule has 0 aromatic carbocycles. The van der Waals surface area contributed by atoms with Crippen LogP contribution in [0.4, 0.5) is 4.79 Å². The number of hydrogen-bond acceptors (Lipinski definition) is 2. The Balaban J connectivity index is 0.000000847. The molecule has 0 spiro atoms. The van der Waals surface area contributed by atoms with Gasteiger partial charge < -0.3 is 14.0 Å². The van der Waals surface area contributed by atoms with Crippen molar-refractivity contribution in [3.63, 3.8) is 0 Å². The van der Waals surface area contributed by atoms with Crippen LogP contribution < -0.4 is 0 Å². The minimum absolute atomic E-state index is 0.373. The van der Waals surface area contributed by atoms with Crippen LogP contribution in [-0.4, -0.2) is 34.0 Å². The average Bonchev–Trinajstić information content (AvgIpc) is 3.15. The van der Waals surface area contributed by atoms with E-state index in [0.717, 1.165) is 16.7 Å². The highest BCUT2D eigenvalue weighted by atomic mass is 35.5. The quantitative estimate of drug-likeness (QED) is 0.769. The monoisotopic (exact) mass is 320 g/mol. The van der Waals surface area contributed by atoms with Gasteiger partial charge in [0, 0.05) is 31.0 Å². The number of rotatable bonds is 2. The van der Waals surface area contributed by atoms with Gasteiger partial charge in [0.05, 0.1) is 5.52 Å². The molecule has 1 amide bonds. The summed E-state index contributed by atoms with van der Waals surface area (Å²) in [5, 5.41) is 0. The molecule has 0 aliphatic carbocycles. The first-order chi connectivity index (χ1) is 10.6. The molecular weight excluding hydrogens is 300 g/mol. The lowest BCUT2D eigenvalue weighted by molar-refractivity contribution is 0.106. The molecule has 0 N–H and O–H groups in total. The number of amides is 1. The molecule has 0 fully saturated rings. The average molecular weight is 321 g/mol. The Morgan fingerprint density at radius 2 is 2.05 bits per heavy atom. The van der Waals surface area contributed by atoms with Crippen LogP contribution in [0.1, 0.15) is 26.3 Å². The number of fused-ring (bicyclic) bond motifs is 1. The standard InChI is InChI=1S/C15H15ClN2O2.C2H6/c1-11(16)20-15(19)18-8-5-12(10-18)13-6-9-17-7-3-2-4-14(13)17;1-2/h2-7,9,11H,8,10H2,1H3;1-2H3. The zero-order chi connectivity index (χ0) is 16.1. The third-order valence-corrected chi connectivity index (χ3v) is 3.44. The second kappa shape index (κ2) is 7.36. The molecule has 1 aliphatic heterocycles. The summed E-state index contributed by atoms with van der Waals surface area (Å²) in [6.07, 6.45) is 5.72. The SMILES string of the molecule is CC.CC(Cl)OC(=O)N1CC=C(c2ccn3ccccc23)C1. The molecule has 0 saturated heterocycles. The van der Waals surface area contributed by atoms with Gasteiger partial charge in [-0.2, -0.15) is 0 Å². The Hall–Kier alpha value is -1.94. The van der Waals surface area contributed by atoms with Crippen molar-refractivity contribution in [1.29, 1.82) is 0 Å². The van der Waals surface area contributed by atoms with Crippen molar-refractivity contribution in [3.8, 4) is 0 Å². The summed E-state index contributed by atoms with van der Waals surface area (Å²) >= 11 is 5.68. The molecule has 1 atom stereocenters. The van der Waals surface area contributed by atoms with Gasteiger partial charge in [-0.25, -0.2) is 4.79 Å². The summed E-state index contributed by atoms with van der Waals surface area (Å²) in [5.74, 6) is 0. The van der Waals surface area contributed by atoms with E-state index in [0.29, 0.717) is 13.1 Å². The van der Waals surface area contributed by atoms with Crippen LogP contribution in [0.3, 0.4) is 0 Å². The molecule has 0 bridgehead atoms. The summed E-state index contributed by atoms with van der Waals surface area (Å²) in [7, 11) is 0. The second-order valence-corrected chi connectivity index (χ2v) is 5.37. The number of carbonyl (C=O) groups is 1. The van der Waals surface area contributed by atoms with E-state index in [1.165, 1.54) is 0 Å². The topological polar surface area (TPSA) is 34.0 Å². The number of ether oxygens (including phenoxy) is 1. The van der Waals surface area contributed by atoms with Crippen molar-refractivity contribution in [1.82, 2.24) is 9.30 Å². The smallest absolute Gasteiger partial charge is 0.411 e. The fourth-order valence-corrected chi connectivity index (χ4v) is 2.51. The molecule has 0 saturated carbocycles. The molecule has 3 heterocycles. The van der Waals surface area contributed by atoms with Crippen molar-refractivity contribution >= 4 is 28.8 Å². The third-order valence-electron chi connectivity index (χ3n) is 3.35. The molecule has 0 radical (unpaired) electrons. The summed E-state index contributed by atoms with van der Waals surface area (Å²) in [4.78, 5) is 13.5. The maximum absolute atomic E-state index is 11.8. The zero-order valence-electron chi connectivity index (χ0n) is 13.1. The van der Waals surface area contributed by atoms with Gasteiger partial charge in [0.25, 0.3) is 0 Å². The molecule has 118 valence electrons. The lowest BCUT2D eigenvalue weighted by atomic mass is 10.1. The van der Waals surface area contributed by atoms with Gasteiger partial charge >= 0.3 is 6.09 Å². The maximum Gasteiger partial charge on any atom is 0.411 e. The van der Waals surface area contributed by atoms with Crippen molar-refractivity contribution in [2.24, 2.45) is 0 Å². The number of hydrogen-bond donors (Lipinski definition) is 0. The number of nitrogens with zero attached hydrogens (tertiary/aromatic N) is 2. The van der Waals surface area contributed by atoms with Gasteiger partial charge in [-0.05, 0) is 30.7 Å². The fourth-order valence-electron chi connectivity index (χ4n) is 2.43. The normalized spacial score (nSPS) is 15.1. The summed E-state index contributed by atoms with van der Waals surface area (Å²) in [6.45, 7) is 6.74. The van der Waals surface area contributed by atoms with E-state index in [-0.39, 0.29) is 6.09 Å². The molecule has 5 heteroatoms. The highest BCUT2D eigenvalue weighted by molar-refractivity contribution is 6.19. The summed E-state index contributed by atoms with van der Waals surface area (Å²) < 4.78 is 7.07. The van der Waals surface area contributed by atoms with Gasteiger partial charge in [0.1, 0.15) is 0 Å². The zero-order valence-corrected chi connectivity index (χ0v) is 13.9. The first kappa shape index (κ1) is 16.4. The van der Waals surface area contributed by atoms with E-state index in [2.05, 4.69) is 22.6 Å². The Bertz CT molecular complexity index is 676. The van der Waals surface area contributed by atoms with E-state index in [1.807, 2.05) is 38.4 Å². The predicted molar refractivity (Wildman–Crippen MR) is 90.1 cm³/mol. The van der Waals surface area contributed by atoms with Crippen molar-refractivity contribution in [2.75, 3.05) is 13.1 Å². The second-order valence-electron chi connectivity index (χ2n) is 4.76. The Morgan fingerprint density at radius 3 is 2.77 bits per heavy atom. The number of pyridine rings is 1. The summed E-state index contributed by atoms with van der Waals surface area (Å²) in [6, 6.07) is 8.14. The van der Waals surface area contributed by atoms with Crippen LogP contribution in [0.15, 0.2) is 42.7 Å². The lowest BCUT2D eigenvalue weighted by Crippen LogP contribution is -2.30. The van der Waals surface area contributed by atoms with Crippen molar-refractivity contribution in [3.05, 3.63) is 48.3 Å². The molecule has 22 heavy (non-hydrogen) atoms. The highest BCUT2D eigenvalue weighted by Crippen LogP contribution is 2.26. The first-order valence-corrected chi connectivity index (χ1v) is 7.93. The van der Waals surface area contributed by atoms with Gasteiger partial charge in [-0.1, -0.05) is 37.6 Å². The predicted octanol–water partition coefficient (Wildman–Crippen LogP) is 4.39. The van der Waals surface area contributed by atoms with Crippen LogP contribution in [-0.2, 0) is 4.74 Å².